The van der Waals surface area contributed by atoms with Crippen LogP contribution < -0.4 is 11.0 Å². The fourth-order valence-electron chi connectivity index (χ4n) is 2.96. The van der Waals surface area contributed by atoms with Crippen LogP contribution in [-0.2, 0) is 13.6 Å². The van der Waals surface area contributed by atoms with E-state index in [1.807, 2.05) is 29.9 Å². The lowest BCUT2D eigenvalue weighted by atomic mass is 10.1. The molecule has 4 aromatic rings. The Labute approximate surface area is 148 Å². The van der Waals surface area contributed by atoms with Crippen LogP contribution in [0.5, 0.6) is 0 Å². The van der Waals surface area contributed by atoms with Gasteiger partial charge in [-0.15, -0.1) is 11.3 Å². The second-order valence-corrected chi connectivity index (χ2v) is 7.06. The number of aromatic amines is 2. The minimum atomic E-state index is -0.178. The van der Waals surface area contributed by atoms with E-state index >= 15 is 0 Å². The molecule has 128 valence electrons. The molecule has 25 heavy (non-hydrogen) atoms. The van der Waals surface area contributed by atoms with E-state index in [9.17, 15) is 4.79 Å². The summed E-state index contributed by atoms with van der Waals surface area (Å²) in [6.07, 6.45) is 0. The van der Waals surface area contributed by atoms with E-state index in [0.29, 0.717) is 6.54 Å². The number of H-pyrrole nitrogens is 2. The molecule has 0 saturated carbocycles. The van der Waals surface area contributed by atoms with Crippen molar-refractivity contribution in [3.63, 3.8) is 0 Å². The number of aryl methyl sites for hydroxylation is 1. The van der Waals surface area contributed by atoms with Crippen molar-refractivity contribution in [3.05, 3.63) is 63.5 Å². The lowest BCUT2D eigenvalue weighted by Gasteiger charge is -2.13. The average Bonchev–Trinajstić information content (AvgIpc) is 3.30. The molecule has 0 aliphatic heterocycles. The Kier molecular flexibility index (Phi) is 4.03. The zero-order chi connectivity index (χ0) is 17.4. The van der Waals surface area contributed by atoms with Crippen molar-refractivity contribution in [1.29, 1.82) is 0 Å². The van der Waals surface area contributed by atoms with Crippen molar-refractivity contribution >= 4 is 22.4 Å². The molecule has 0 saturated heterocycles. The number of rotatable bonds is 5. The molecule has 3 aromatic heterocycles. The molecule has 0 spiro atoms. The number of imidazole rings is 1. The summed E-state index contributed by atoms with van der Waals surface area (Å²) in [5.74, 6) is 0. The fourth-order valence-corrected chi connectivity index (χ4v) is 3.74. The molecule has 7 heteroatoms. The Balaban J connectivity index is 1.48. The summed E-state index contributed by atoms with van der Waals surface area (Å²) in [6, 6.07) is 12.4. The van der Waals surface area contributed by atoms with Gasteiger partial charge in [-0.3, -0.25) is 4.68 Å². The quantitative estimate of drug-likeness (QED) is 0.516. The van der Waals surface area contributed by atoms with Gasteiger partial charge in [0.25, 0.3) is 0 Å². The maximum absolute atomic E-state index is 11.4. The van der Waals surface area contributed by atoms with Gasteiger partial charge in [0.1, 0.15) is 0 Å². The monoisotopic (exact) mass is 353 g/mol. The van der Waals surface area contributed by atoms with E-state index < -0.39 is 0 Å². The first-order chi connectivity index (χ1) is 12.1. The average molecular weight is 353 g/mol. The Morgan fingerprint density at radius 2 is 2.08 bits per heavy atom. The number of aromatic nitrogens is 4. The van der Waals surface area contributed by atoms with Crippen LogP contribution in [0.3, 0.4) is 0 Å². The summed E-state index contributed by atoms with van der Waals surface area (Å²) >= 11 is 1.71. The molecule has 0 bridgehead atoms. The maximum Gasteiger partial charge on any atom is 0.323 e. The van der Waals surface area contributed by atoms with Crippen molar-refractivity contribution < 1.29 is 0 Å². The number of nitrogens with zero attached hydrogens (tertiary/aromatic N) is 2. The van der Waals surface area contributed by atoms with Gasteiger partial charge in [0.2, 0.25) is 0 Å². The second kappa shape index (κ2) is 6.34. The highest BCUT2D eigenvalue weighted by Gasteiger charge is 2.11. The van der Waals surface area contributed by atoms with Gasteiger partial charge in [-0.2, -0.15) is 5.10 Å². The van der Waals surface area contributed by atoms with Crippen LogP contribution in [0.25, 0.3) is 21.6 Å². The predicted molar refractivity (Wildman–Crippen MR) is 101 cm³/mol. The lowest BCUT2D eigenvalue weighted by Crippen LogP contribution is -2.18. The first-order valence-electron chi connectivity index (χ1n) is 8.12. The highest BCUT2D eigenvalue weighted by Crippen LogP contribution is 2.25. The predicted octanol–water partition coefficient (Wildman–Crippen LogP) is 3.17. The number of benzene rings is 1. The van der Waals surface area contributed by atoms with Crippen LogP contribution in [0, 0.1) is 0 Å². The van der Waals surface area contributed by atoms with Crippen LogP contribution in [0.2, 0.25) is 0 Å². The van der Waals surface area contributed by atoms with Gasteiger partial charge in [-0.1, -0.05) is 12.1 Å². The van der Waals surface area contributed by atoms with Crippen LogP contribution in [0.15, 0.2) is 46.6 Å². The normalized spacial score (nSPS) is 12.7. The number of fused-ring (bicyclic) bond motifs is 1. The molecule has 3 heterocycles. The zero-order valence-electron chi connectivity index (χ0n) is 14.0. The molecule has 0 aliphatic carbocycles. The molecule has 4 rings (SSSR count). The number of thiophene rings is 1. The first kappa shape index (κ1) is 15.9. The molecule has 1 atom stereocenters. The van der Waals surface area contributed by atoms with Crippen LogP contribution in [0.1, 0.15) is 24.2 Å². The van der Waals surface area contributed by atoms with Crippen molar-refractivity contribution in [1.82, 2.24) is 25.1 Å². The van der Waals surface area contributed by atoms with E-state index in [0.717, 1.165) is 28.0 Å². The Hall–Kier alpha value is -2.64. The third kappa shape index (κ3) is 3.16. The third-order valence-electron chi connectivity index (χ3n) is 4.33. The van der Waals surface area contributed by atoms with Gasteiger partial charge < -0.3 is 15.3 Å². The summed E-state index contributed by atoms with van der Waals surface area (Å²) in [6.45, 7) is 2.79. The van der Waals surface area contributed by atoms with Gasteiger partial charge >= 0.3 is 5.69 Å². The van der Waals surface area contributed by atoms with Crippen molar-refractivity contribution in [3.8, 4) is 10.6 Å². The summed E-state index contributed by atoms with van der Waals surface area (Å²) in [7, 11) is 1.97. The summed E-state index contributed by atoms with van der Waals surface area (Å²) in [5, 5.41) is 10.2. The zero-order valence-corrected chi connectivity index (χ0v) is 14.9. The van der Waals surface area contributed by atoms with Crippen LogP contribution in [-0.4, -0.2) is 19.7 Å². The minimum absolute atomic E-state index is 0.148. The topological polar surface area (TPSA) is 78.5 Å². The highest BCUT2D eigenvalue weighted by molar-refractivity contribution is 7.13. The Morgan fingerprint density at radius 3 is 2.88 bits per heavy atom. The van der Waals surface area contributed by atoms with Crippen molar-refractivity contribution in [2.75, 3.05) is 0 Å². The van der Waals surface area contributed by atoms with E-state index in [1.165, 1.54) is 4.88 Å². The van der Waals surface area contributed by atoms with E-state index in [2.05, 4.69) is 50.9 Å². The summed E-state index contributed by atoms with van der Waals surface area (Å²) in [4.78, 5) is 18.2. The third-order valence-corrected chi connectivity index (χ3v) is 5.23. The SMILES string of the molecule is CC(NCc1cc(-c2cccs2)n(C)n1)c1ccc2[nH]c(=O)[nH]c2c1. The minimum Gasteiger partial charge on any atom is -0.306 e. The molecule has 1 aromatic carbocycles. The second-order valence-electron chi connectivity index (χ2n) is 6.11. The smallest absolute Gasteiger partial charge is 0.306 e. The molecular formula is C18H19N5OS. The van der Waals surface area contributed by atoms with Gasteiger partial charge in [0.05, 0.1) is 27.3 Å². The molecular weight excluding hydrogens is 334 g/mol. The molecule has 0 aliphatic rings. The van der Waals surface area contributed by atoms with Gasteiger partial charge in [0, 0.05) is 19.6 Å². The largest absolute Gasteiger partial charge is 0.323 e. The molecule has 0 amide bonds. The maximum atomic E-state index is 11.4. The Morgan fingerprint density at radius 1 is 1.24 bits per heavy atom. The van der Waals surface area contributed by atoms with E-state index in [-0.39, 0.29) is 11.7 Å². The van der Waals surface area contributed by atoms with Crippen molar-refractivity contribution in [2.24, 2.45) is 7.05 Å². The lowest BCUT2D eigenvalue weighted by molar-refractivity contribution is 0.562. The Bertz CT molecular complexity index is 1060. The van der Waals surface area contributed by atoms with E-state index in [4.69, 9.17) is 0 Å². The number of hydrogen-bond acceptors (Lipinski definition) is 4. The van der Waals surface area contributed by atoms with Crippen molar-refractivity contribution in [2.45, 2.75) is 19.5 Å². The highest BCUT2D eigenvalue weighted by atomic mass is 32.1. The standard InChI is InChI=1S/C18H19N5OS/c1-11(12-5-6-14-15(8-12)21-18(24)20-14)19-10-13-9-16(23(2)22-13)17-4-3-7-25-17/h3-9,11,19H,10H2,1-2H3,(H2,20,21,24). The van der Waals surface area contributed by atoms with Gasteiger partial charge in [-0.05, 0) is 42.1 Å². The van der Waals surface area contributed by atoms with E-state index in [1.54, 1.807) is 11.3 Å². The molecule has 3 N–H and O–H groups in total. The van der Waals surface area contributed by atoms with Gasteiger partial charge in [-0.25, -0.2) is 4.79 Å². The summed E-state index contributed by atoms with van der Waals surface area (Å²) in [5.41, 5.74) is 4.74. The van der Waals surface area contributed by atoms with Crippen LogP contribution >= 0.6 is 11.3 Å². The first-order valence-corrected chi connectivity index (χ1v) is 9.00. The number of nitrogens with one attached hydrogen (secondary N) is 3. The molecule has 0 fully saturated rings. The van der Waals surface area contributed by atoms with Crippen LogP contribution in [0.4, 0.5) is 0 Å². The fraction of sp³-hybridized carbons (Fsp3) is 0.222. The van der Waals surface area contributed by atoms with Gasteiger partial charge in [0.15, 0.2) is 0 Å². The summed E-state index contributed by atoms with van der Waals surface area (Å²) < 4.78 is 1.92. The molecule has 6 nitrogen and oxygen atoms in total. The number of hydrogen-bond donors (Lipinski definition) is 3. The molecule has 0 radical (unpaired) electrons. The molecule has 1 unspecified atom stereocenters.